The van der Waals surface area contributed by atoms with Crippen molar-refractivity contribution in [3.63, 3.8) is 0 Å². The highest BCUT2D eigenvalue weighted by atomic mass is 16.3. The van der Waals surface area contributed by atoms with Gasteiger partial charge in [-0.3, -0.25) is 0 Å². The lowest BCUT2D eigenvalue weighted by Gasteiger charge is -2.08. The quantitative estimate of drug-likeness (QED) is 0.501. The lowest BCUT2D eigenvalue weighted by Crippen LogP contribution is -2.09. The molecular weight excluding hydrogens is 362 g/mol. The minimum Gasteiger partial charge on any atom is -0.508 e. The Bertz CT molecular complexity index is 727. The molecular formula is C23H35N5O. The van der Waals surface area contributed by atoms with Crippen molar-refractivity contribution in [3.8, 4) is 17.1 Å². The summed E-state index contributed by atoms with van der Waals surface area (Å²) in [5, 5.41) is 14.9. The number of rotatable bonds is 5. The number of anilines is 2. The molecule has 2 aromatic carbocycles. The summed E-state index contributed by atoms with van der Waals surface area (Å²) >= 11 is 0. The maximum Gasteiger partial charge on any atom is 0.228 e. The number of aromatic nitrogens is 3. The van der Waals surface area contributed by atoms with Gasteiger partial charge in [0, 0.05) is 18.7 Å². The van der Waals surface area contributed by atoms with Gasteiger partial charge in [-0.2, -0.15) is 15.0 Å². The Hall–Kier alpha value is -3.15. The van der Waals surface area contributed by atoms with Crippen molar-refractivity contribution in [2.45, 2.75) is 41.5 Å². The van der Waals surface area contributed by atoms with Gasteiger partial charge in [0.05, 0.1) is 0 Å². The fourth-order valence-corrected chi connectivity index (χ4v) is 1.99. The van der Waals surface area contributed by atoms with Crippen LogP contribution in [0.25, 0.3) is 11.4 Å². The zero-order chi connectivity index (χ0) is 21.9. The first kappa shape index (κ1) is 25.9. The Morgan fingerprint density at radius 1 is 0.655 bits per heavy atom. The van der Waals surface area contributed by atoms with E-state index in [4.69, 9.17) is 5.11 Å². The fraction of sp³-hybridized carbons (Fsp3) is 0.348. The predicted molar refractivity (Wildman–Crippen MR) is 124 cm³/mol. The number of hydrogen-bond acceptors (Lipinski definition) is 6. The van der Waals surface area contributed by atoms with E-state index in [2.05, 4.69) is 25.6 Å². The number of para-hydroxylation sites is 1. The van der Waals surface area contributed by atoms with Gasteiger partial charge >= 0.3 is 0 Å². The van der Waals surface area contributed by atoms with Crippen LogP contribution in [0.2, 0.25) is 0 Å². The van der Waals surface area contributed by atoms with Gasteiger partial charge < -0.3 is 15.7 Å². The third-order valence-electron chi connectivity index (χ3n) is 3.09. The van der Waals surface area contributed by atoms with Crippen molar-refractivity contribution in [1.82, 2.24) is 15.0 Å². The molecule has 3 aromatic rings. The molecule has 6 heteroatoms. The molecule has 29 heavy (non-hydrogen) atoms. The number of hydrogen-bond donors (Lipinski definition) is 3. The zero-order valence-corrected chi connectivity index (χ0v) is 18.5. The van der Waals surface area contributed by atoms with E-state index in [-0.39, 0.29) is 0 Å². The minimum atomic E-state index is 0.322. The molecule has 0 fully saturated rings. The van der Waals surface area contributed by atoms with Crippen LogP contribution >= 0.6 is 0 Å². The summed E-state index contributed by atoms with van der Waals surface area (Å²) in [4.78, 5) is 13.1. The Labute approximate surface area is 175 Å². The Balaban J connectivity index is 0.000000593. The molecule has 3 N–H and O–H groups in total. The number of benzene rings is 2. The molecule has 158 valence electrons. The normalized spacial score (nSPS) is 8.76. The van der Waals surface area contributed by atoms with Crippen LogP contribution in [0.4, 0.5) is 11.9 Å². The van der Waals surface area contributed by atoms with E-state index in [0.29, 0.717) is 23.5 Å². The van der Waals surface area contributed by atoms with Crippen LogP contribution in [0.15, 0.2) is 60.7 Å². The van der Waals surface area contributed by atoms with Crippen molar-refractivity contribution < 1.29 is 5.11 Å². The minimum absolute atomic E-state index is 0.322. The molecule has 1 heterocycles. The van der Waals surface area contributed by atoms with E-state index in [9.17, 15) is 0 Å². The second-order valence-corrected chi connectivity index (χ2v) is 5.07. The van der Waals surface area contributed by atoms with Crippen molar-refractivity contribution in [2.24, 2.45) is 0 Å². The lowest BCUT2D eigenvalue weighted by molar-refractivity contribution is 0.475. The van der Waals surface area contributed by atoms with E-state index in [1.54, 1.807) is 24.3 Å². The fourth-order valence-electron chi connectivity index (χ4n) is 1.99. The van der Waals surface area contributed by atoms with Gasteiger partial charge in [0.1, 0.15) is 5.75 Å². The summed E-state index contributed by atoms with van der Waals surface area (Å²) in [6, 6.07) is 18.6. The molecule has 0 saturated carbocycles. The van der Waals surface area contributed by atoms with E-state index in [0.717, 1.165) is 18.7 Å². The van der Waals surface area contributed by atoms with E-state index < -0.39 is 0 Å². The Morgan fingerprint density at radius 3 is 1.41 bits per heavy atom. The highest BCUT2D eigenvalue weighted by Gasteiger charge is 2.06. The second-order valence-electron chi connectivity index (χ2n) is 5.07. The molecule has 1 aromatic heterocycles. The molecule has 0 unspecified atom stereocenters. The van der Waals surface area contributed by atoms with Crippen LogP contribution < -0.4 is 10.6 Å². The number of nitrogens with one attached hydrogen (secondary N) is 2. The maximum absolute atomic E-state index is 8.63. The summed E-state index contributed by atoms with van der Waals surface area (Å²) in [6.07, 6.45) is 0. The molecule has 0 saturated heterocycles. The van der Waals surface area contributed by atoms with Gasteiger partial charge in [-0.25, -0.2) is 0 Å². The molecule has 0 aliphatic heterocycles. The van der Waals surface area contributed by atoms with Crippen LogP contribution in [-0.4, -0.2) is 33.1 Å². The Morgan fingerprint density at radius 2 is 1.07 bits per heavy atom. The van der Waals surface area contributed by atoms with Crippen LogP contribution in [0.1, 0.15) is 41.5 Å². The summed E-state index contributed by atoms with van der Waals surface area (Å²) in [7, 11) is 0. The van der Waals surface area contributed by atoms with Crippen molar-refractivity contribution in [2.75, 3.05) is 23.7 Å². The first-order valence-corrected chi connectivity index (χ1v) is 10.3. The molecule has 6 nitrogen and oxygen atoms in total. The number of nitrogens with zero attached hydrogens (tertiary/aromatic N) is 3. The summed E-state index contributed by atoms with van der Waals surface area (Å²) < 4.78 is 0. The third-order valence-corrected chi connectivity index (χ3v) is 3.09. The monoisotopic (exact) mass is 397 g/mol. The molecule has 0 aliphatic rings. The molecule has 0 atom stereocenters. The number of phenols is 1. The molecule has 0 bridgehead atoms. The number of phenolic OH excluding ortho intramolecular Hbond substituents is 1. The highest BCUT2D eigenvalue weighted by Crippen LogP contribution is 2.17. The maximum atomic E-state index is 8.63. The lowest BCUT2D eigenvalue weighted by atomic mass is 10.2. The van der Waals surface area contributed by atoms with E-state index in [1.165, 1.54) is 0 Å². The van der Waals surface area contributed by atoms with E-state index >= 15 is 0 Å². The third kappa shape index (κ3) is 10.7. The van der Waals surface area contributed by atoms with Gasteiger partial charge in [0.25, 0.3) is 0 Å². The standard InChI is InChI=1S/C13H17N5.C6H6O.2C2H6/c1-3-14-12-16-11(10-8-6-5-7-9-10)17-13(18-12)15-4-2;7-6-4-2-1-3-5-6;2*1-2/h5-9H,3-4H2,1-2H3,(H2,14,15,16,17,18);1-5,7H;2*1-2H3. The largest absolute Gasteiger partial charge is 0.508 e. The average molecular weight is 398 g/mol. The average Bonchev–Trinajstić information content (AvgIpc) is 2.78. The molecule has 3 rings (SSSR count). The summed E-state index contributed by atoms with van der Waals surface area (Å²) in [5.74, 6) is 2.20. The van der Waals surface area contributed by atoms with Gasteiger partial charge in [-0.1, -0.05) is 76.2 Å². The van der Waals surface area contributed by atoms with Crippen molar-refractivity contribution >= 4 is 11.9 Å². The van der Waals surface area contributed by atoms with Crippen molar-refractivity contribution in [1.29, 1.82) is 0 Å². The zero-order valence-electron chi connectivity index (χ0n) is 18.5. The van der Waals surface area contributed by atoms with Gasteiger partial charge in [0.15, 0.2) is 5.82 Å². The first-order valence-electron chi connectivity index (χ1n) is 10.3. The van der Waals surface area contributed by atoms with Crippen LogP contribution in [0, 0.1) is 0 Å². The number of aromatic hydroxyl groups is 1. The van der Waals surface area contributed by atoms with Crippen LogP contribution in [0.5, 0.6) is 5.75 Å². The van der Waals surface area contributed by atoms with E-state index in [1.807, 2.05) is 77.9 Å². The molecule has 0 spiro atoms. The second kappa shape index (κ2) is 17.0. The topological polar surface area (TPSA) is 83.0 Å². The van der Waals surface area contributed by atoms with Gasteiger partial charge in [-0.15, -0.1) is 0 Å². The summed E-state index contributed by atoms with van der Waals surface area (Å²) in [6.45, 7) is 13.6. The molecule has 0 amide bonds. The van der Waals surface area contributed by atoms with Gasteiger partial charge in [-0.05, 0) is 26.0 Å². The first-order chi connectivity index (χ1) is 14.2. The van der Waals surface area contributed by atoms with Crippen molar-refractivity contribution in [3.05, 3.63) is 60.7 Å². The molecule has 0 aliphatic carbocycles. The van der Waals surface area contributed by atoms with Gasteiger partial charge in [0.2, 0.25) is 11.9 Å². The smallest absolute Gasteiger partial charge is 0.228 e. The van der Waals surface area contributed by atoms with Crippen LogP contribution in [-0.2, 0) is 0 Å². The molecule has 0 radical (unpaired) electrons. The Kier molecular flexibility index (Phi) is 15.1. The van der Waals surface area contributed by atoms with Crippen LogP contribution in [0.3, 0.4) is 0 Å². The highest BCUT2D eigenvalue weighted by molar-refractivity contribution is 5.57. The summed E-state index contributed by atoms with van der Waals surface area (Å²) in [5.41, 5.74) is 0.984. The SMILES string of the molecule is CC.CC.CCNc1nc(NCC)nc(-c2ccccc2)n1.Oc1ccccc1. The predicted octanol–water partition coefficient (Wildman–Crippen LogP) is 5.85.